The van der Waals surface area contributed by atoms with Crippen molar-refractivity contribution in [2.75, 3.05) is 18.4 Å². The molecule has 1 saturated heterocycles. The normalized spacial score (nSPS) is 18.9. The molecule has 1 aromatic rings. The summed E-state index contributed by atoms with van der Waals surface area (Å²) in [6, 6.07) is 4.91. The molecule has 0 aliphatic carbocycles. The number of hydrogen-bond acceptors (Lipinski definition) is 3. The summed E-state index contributed by atoms with van der Waals surface area (Å²) < 4.78 is 0. The van der Waals surface area contributed by atoms with Crippen molar-refractivity contribution in [2.24, 2.45) is 5.92 Å². The number of hydrogen-bond donors (Lipinski definition) is 3. The summed E-state index contributed by atoms with van der Waals surface area (Å²) in [5.74, 6) is -1.06. The number of rotatable bonds is 3. The average molecular weight is 262 g/mol. The highest BCUT2D eigenvalue weighted by Crippen LogP contribution is 2.21. The molecule has 0 spiro atoms. The number of carboxylic acids is 1. The highest BCUT2D eigenvalue weighted by atomic mass is 16.4. The Balaban J connectivity index is 2.12. The van der Waals surface area contributed by atoms with Gasteiger partial charge in [-0.2, -0.15) is 0 Å². The largest absolute Gasteiger partial charge is 0.478 e. The molecule has 0 aromatic heterocycles. The topological polar surface area (TPSA) is 78.4 Å². The summed E-state index contributed by atoms with van der Waals surface area (Å²) in [6.45, 7) is 3.35. The Labute approximate surface area is 112 Å². The number of anilines is 1. The van der Waals surface area contributed by atoms with E-state index >= 15 is 0 Å². The monoisotopic (exact) mass is 262 g/mol. The van der Waals surface area contributed by atoms with Crippen LogP contribution >= 0.6 is 0 Å². The van der Waals surface area contributed by atoms with Crippen LogP contribution in [0.1, 0.15) is 28.8 Å². The highest BCUT2D eigenvalue weighted by molar-refractivity contribution is 5.97. The number of nitrogens with one attached hydrogen (secondary N) is 2. The van der Waals surface area contributed by atoms with E-state index in [2.05, 4.69) is 10.6 Å². The lowest BCUT2D eigenvalue weighted by Gasteiger charge is -2.22. The van der Waals surface area contributed by atoms with Crippen LogP contribution in [0.5, 0.6) is 0 Å². The summed E-state index contributed by atoms with van der Waals surface area (Å²) in [6.07, 6.45) is 1.86. The van der Waals surface area contributed by atoms with E-state index in [1.165, 1.54) is 6.07 Å². The van der Waals surface area contributed by atoms with E-state index in [-0.39, 0.29) is 17.4 Å². The van der Waals surface area contributed by atoms with Crippen molar-refractivity contribution < 1.29 is 14.7 Å². The maximum Gasteiger partial charge on any atom is 0.336 e. The molecule has 3 N–H and O–H groups in total. The van der Waals surface area contributed by atoms with E-state index < -0.39 is 5.97 Å². The van der Waals surface area contributed by atoms with Crippen LogP contribution in [0.15, 0.2) is 18.2 Å². The molecule has 1 heterocycles. The summed E-state index contributed by atoms with van der Waals surface area (Å²) in [5.41, 5.74) is 1.39. The molecule has 1 amide bonds. The van der Waals surface area contributed by atoms with Gasteiger partial charge in [-0.05, 0) is 44.0 Å². The average Bonchev–Trinajstić information content (AvgIpc) is 2.41. The Hall–Kier alpha value is -1.88. The molecule has 0 bridgehead atoms. The lowest BCUT2D eigenvalue weighted by Crippen LogP contribution is -2.37. The summed E-state index contributed by atoms with van der Waals surface area (Å²) in [5, 5.41) is 15.1. The smallest absolute Gasteiger partial charge is 0.336 e. The zero-order chi connectivity index (χ0) is 13.8. The minimum Gasteiger partial charge on any atom is -0.478 e. The van der Waals surface area contributed by atoms with Gasteiger partial charge in [-0.1, -0.05) is 6.07 Å². The van der Waals surface area contributed by atoms with Gasteiger partial charge >= 0.3 is 5.97 Å². The van der Waals surface area contributed by atoms with Gasteiger partial charge in [0, 0.05) is 12.2 Å². The molecule has 1 fully saturated rings. The van der Waals surface area contributed by atoms with Crippen molar-refractivity contribution in [2.45, 2.75) is 19.8 Å². The minimum atomic E-state index is -0.979. The van der Waals surface area contributed by atoms with Gasteiger partial charge in [0.05, 0.1) is 11.5 Å². The Morgan fingerprint density at radius 2 is 2.21 bits per heavy atom. The van der Waals surface area contributed by atoms with E-state index in [9.17, 15) is 9.59 Å². The zero-order valence-corrected chi connectivity index (χ0v) is 10.9. The van der Waals surface area contributed by atoms with Crippen LogP contribution in [0, 0.1) is 12.8 Å². The van der Waals surface area contributed by atoms with Crippen molar-refractivity contribution in [3.05, 3.63) is 29.3 Å². The van der Waals surface area contributed by atoms with Crippen LogP contribution in [0.4, 0.5) is 5.69 Å². The van der Waals surface area contributed by atoms with Crippen molar-refractivity contribution >= 4 is 17.6 Å². The van der Waals surface area contributed by atoms with Crippen LogP contribution in [-0.4, -0.2) is 30.1 Å². The summed E-state index contributed by atoms with van der Waals surface area (Å²) >= 11 is 0. The van der Waals surface area contributed by atoms with Crippen LogP contribution in [-0.2, 0) is 4.79 Å². The molecule has 19 heavy (non-hydrogen) atoms. The molecule has 2 rings (SSSR count). The van der Waals surface area contributed by atoms with Gasteiger partial charge in [-0.15, -0.1) is 0 Å². The maximum absolute atomic E-state index is 12.1. The standard InChI is InChI=1S/C14H18N2O3/c1-9-11(14(18)19)5-2-6-12(9)16-13(17)10-4-3-7-15-8-10/h2,5-6,10,15H,3-4,7-8H2,1H3,(H,16,17)(H,18,19)/t10-/m1/s1. The van der Waals surface area contributed by atoms with Gasteiger partial charge in [-0.3, -0.25) is 4.79 Å². The molecule has 1 aromatic carbocycles. The van der Waals surface area contributed by atoms with Crippen LogP contribution < -0.4 is 10.6 Å². The summed E-state index contributed by atoms with van der Waals surface area (Å²) in [4.78, 5) is 23.1. The molecular weight excluding hydrogens is 244 g/mol. The summed E-state index contributed by atoms with van der Waals surface area (Å²) in [7, 11) is 0. The number of carboxylic acid groups (broad SMARTS) is 1. The van der Waals surface area contributed by atoms with E-state index in [4.69, 9.17) is 5.11 Å². The number of carbonyl (C=O) groups excluding carboxylic acids is 1. The van der Waals surface area contributed by atoms with Gasteiger partial charge in [0.25, 0.3) is 0 Å². The fourth-order valence-electron chi connectivity index (χ4n) is 2.31. The van der Waals surface area contributed by atoms with Crippen molar-refractivity contribution in [1.29, 1.82) is 0 Å². The number of benzene rings is 1. The predicted molar refractivity (Wildman–Crippen MR) is 72.4 cm³/mol. The van der Waals surface area contributed by atoms with Crippen LogP contribution in [0.2, 0.25) is 0 Å². The predicted octanol–water partition coefficient (Wildman–Crippen LogP) is 1.63. The third kappa shape index (κ3) is 3.12. The molecule has 1 aliphatic heterocycles. The van der Waals surface area contributed by atoms with Gasteiger partial charge in [0.1, 0.15) is 0 Å². The molecule has 0 saturated carbocycles. The van der Waals surface area contributed by atoms with E-state index in [0.29, 0.717) is 17.8 Å². The molecule has 1 aliphatic rings. The number of aromatic carboxylic acids is 1. The van der Waals surface area contributed by atoms with Gasteiger partial charge in [-0.25, -0.2) is 4.79 Å². The highest BCUT2D eigenvalue weighted by Gasteiger charge is 2.21. The molecule has 5 nitrogen and oxygen atoms in total. The molecule has 0 unspecified atom stereocenters. The first-order valence-corrected chi connectivity index (χ1v) is 6.44. The Morgan fingerprint density at radius 3 is 2.84 bits per heavy atom. The minimum absolute atomic E-state index is 0.0402. The second-order valence-electron chi connectivity index (χ2n) is 4.82. The third-order valence-electron chi connectivity index (χ3n) is 3.49. The molecular formula is C14H18N2O3. The second kappa shape index (κ2) is 5.84. The molecule has 102 valence electrons. The Kier molecular flexibility index (Phi) is 4.16. The number of amides is 1. The SMILES string of the molecule is Cc1c(NC(=O)[C@@H]2CCCNC2)cccc1C(=O)O. The van der Waals surface area contributed by atoms with E-state index in [0.717, 1.165) is 19.4 Å². The van der Waals surface area contributed by atoms with Crippen molar-refractivity contribution in [3.63, 3.8) is 0 Å². The Morgan fingerprint density at radius 1 is 1.42 bits per heavy atom. The van der Waals surface area contributed by atoms with Gasteiger partial charge in [0.15, 0.2) is 0 Å². The third-order valence-corrected chi connectivity index (χ3v) is 3.49. The first kappa shape index (κ1) is 13.5. The lowest BCUT2D eigenvalue weighted by atomic mass is 9.98. The van der Waals surface area contributed by atoms with E-state index in [1.54, 1.807) is 19.1 Å². The molecule has 0 radical (unpaired) electrons. The van der Waals surface area contributed by atoms with Gasteiger partial charge < -0.3 is 15.7 Å². The zero-order valence-electron chi connectivity index (χ0n) is 10.9. The first-order chi connectivity index (χ1) is 9.09. The van der Waals surface area contributed by atoms with Crippen molar-refractivity contribution in [1.82, 2.24) is 5.32 Å². The number of carbonyl (C=O) groups is 2. The Bertz CT molecular complexity index is 493. The molecule has 5 heteroatoms. The lowest BCUT2D eigenvalue weighted by molar-refractivity contribution is -0.120. The van der Waals surface area contributed by atoms with Crippen molar-refractivity contribution in [3.8, 4) is 0 Å². The first-order valence-electron chi connectivity index (χ1n) is 6.44. The second-order valence-corrected chi connectivity index (χ2v) is 4.82. The maximum atomic E-state index is 12.1. The quantitative estimate of drug-likeness (QED) is 0.773. The fraction of sp³-hybridized carbons (Fsp3) is 0.429. The van der Waals surface area contributed by atoms with E-state index in [1.807, 2.05) is 0 Å². The number of piperidine rings is 1. The van der Waals surface area contributed by atoms with Crippen LogP contribution in [0.3, 0.4) is 0 Å². The fourth-order valence-corrected chi connectivity index (χ4v) is 2.31. The van der Waals surface area contributed by atoms with Crippen LogP contribution in [0.25, 0.3) is 0 Å². The molecule has 1 atom stereocenters. The van der Waals surface area contributed by atoms with Gasteiger partial charge in [0.2, 0.25) is 5.91 Å².